The van der Waals surface area contributed by atoms with Crippen LogP contribution in [0.4, 0.5) is 0 Å². The normalized spacial score (nSPS) is 18.2. The van der Waals surface area contributed by atoms with E-state index in [1.54, 1.807) is 13.8 Å². The van der Waals surface area contributed by atoms with Gasteiger partial charge in [0.1, 0.15) is 30.2 Å². The minimum absolute atomic E-state index is 0.0364. The van der Waals surface area contributed by atoms with E-state index < -0.39 is 128 Å². The number of rotatable bonds is 21. The van der Waals surface area contributed by atoms with Gasteiger partial charge in [0.05, 0.1) is 31.2 Å². The zero-order valence-electron chi connectivity index (χ0n) is 28.8. The minimum Gasteiger partial charge on any atom is -0.481 e. The van der Waals surface area contributed by atoms with Crippen LogP contribution in [0.2, 0.25) is 0 Å². The van der Waals surface area contributed by atoms with Crippen LogP contribution in [0.1, 0.15) is 66.2 Å². The Hall–Kier alpha value is -4.89. The van der Waals surface area contributed by atoms with Gasteiger partial charge in [0.15, 0.2) is 0 Å². The molecule has 6 amide bonds. The highest BCUT2D eigenvalue weighted by Gasteiger charge is 2.38. The smallest absolute Gasteiger partial charge is 0.326 e. The van der Waals surface area contributed by atoms with E-state index in [1.165, 1.54) is 6.92 Å². The molecule has 0 unspecified atom stereocenters. The van der Waals surface area contributed by atoms with Crippen LogP contribution in [0.15, 0.2) is 0 Å². The number of carboxylic acids is 3. The van der Waals surface area contributed by atoms with Crippen molar-refractivity contribution < 1.29 is 68.7 Å². The first-order valence-electron chi connectivity index (χ1n) is 16.2. The summed E-state index contributed by atoms with van der Waals surface area (Å²) in [4.78, 5) is 112. The standard InChI is InChI=1S/C30H49N7O14/c1-13(2)10-18(25(45)36-24(15(4)39)28(48)33-17(30(50)51)7-8-21(41)42)34-27(47)23(14(3)38)35-20(40)12-32-26(46)19-6-5-9-37(19)29(49)16(31)11-22(43)44/h13-19,23-24,38-39H,5-12,31H2,1-4H3,(H,32,46)(H,33,48)(H,34,47)(H,35,40)(H,36,45)(H,41,42)(H,43,44)(H,50,51)/t14-,15-,16+,17+,18+,19+,23+,24+/m1/s1. The van der Waals surface area contributed by atoms with E-state index in [1.807, 2.05) is 0 Å². The number of likely N-dealkylation sites (tertiary alicyclic amines) is 1. The van der Waals surface area contributed by atoms with Crippen LogP contribution in [-0.4, -0.2) is 145 Å². The average molecular weight is 732 g/mol. The van der Waals surface area contributed by atoms with Crippen molar-refractivity contribution >= 4 is 53.4 Å². The van der Waals surface area contributed by atoms with Gasteiger partial charge in [-0.3, -0.25) is 38.4 Å². The monoisotopic (exact) mass is 731 g/mol. The molecule has 1 aliphatic rings. The number of nitrogens with zero attached hydrogens (tertiary/aromatic N) is 1. The summed E-state index contributed by atoms with van der Waals surface area (Å²) in [6.07, 6.45) is -4.22. The van der Waals surface area contributed by atoms with Gasteiger partial charge in [0.2, 0.25) is 35.4 Å². The third-order valence-electron chi connectivity index (χ3n) is 7.72. The number of hydrogen-bond donors (Lipinski definition) is 11. The average Bonchev–Trinajstić information content (AvgIpc) is 3.51. The van der Waals surface area contributed by atoms with Gasteiger partial charge in [0.25, 0.3) is 0 Å². The van der Waals surface area contributed by atoms with Gasteiger partial charge in [-0.1, -0.05) is 13.8 Å². The number of carboxylic acid groups (broad SMARTS) is 3. The molecule has 12 N–H and O–H groups in total. The first-order valence-corrected chi connectivity index (χ1v) is 16.2. The van der Waals surface area contributed by atoms with Crippen molar-refractivity contribution in [3.63, 3.8) is 0 Å². The molecule has 0 saturated carbocycles. The van der Waals surface area contributed by atoms with Crippen LogP contribution in [0.25, 0.3) is 0 Å². The lowest BCUT2D eigenvalue weighted by Gasteiger charge is -2.28. The third kappa shape index (κ3) is 14.9. The van der Waals surface area contributed by atoms with Crippen LogP contribution in [-0.2, 0) is 43.2 Å². The maximum absolute atomic E-state index is 13.3. The summed E-state index contributed by atoms with van der Waals surface area (Å²) in [6, 6.07) is -8.84. The molecule has 0 aliphatic carbocycles. The summed E-state index contributed by atoms with van der Waals surface area (Å²) in [6.45, 7) is 5.13. The van der Waals surface area contributed by atoms with E-state index in [2.05, 4.69) is 26.6 Å². The van der Waals surface area contributed by atoms with Crippen LogP contribution in [0.5, 0.6) is 0 Å². The van der Waals surface area contributed by atoms with Crippen LogP contribution >= 0.6 is 0 Å². The Labute approximate surface area is 293 Å². The Kier molecular flexibility index (Phi) is 17.9. The van der Waals surface area contributed by atoms with E-state index in [0.717, 1.165) is 11.8 Å². The molecular formula is C30H49N7O14. The number of hydrogen-bond acceptors (Lipinski definition) is 12. The van der Waals surface area contributed by atoms with Crippen LogP contribution in [0.3, 0.4) is 0 Å². The first kappa shape index (κ1) is 44.1. The number of aliphatic hydroxyl groups excluding tert-OH is 2. The van der Waals surface area contributed by atoms with Crippen molar-refractivity contribution in [2.75, 3.05) is 13.1 Å². The fourth-order valence-electron chi connectivity index (χ4n) is 5.12. The molecule has 21 heteroatoms. The molecule has 288 valence electrons. The first-order chi connectivity index (χ1) is 23.7. The Morgan fingerprint density at radius 2 is 1.31 bits per heavy atom. The largest absolute Gasteiger partial charge is 0.481 e. The zero-order chi connectivity index (χ0) is 39.2. The van der Waals surface area contributed by atoms with E-state index >= 15 is 0 Å². The number of carbonyl (C=O) groups is 9. The summed E-state index contributed by atoms with van der Waals surface area (Å²) < 4.78 is 0. The fraction of sp³-hybridized carbons (Fsp3) is 0.700. The van der Waals surface area contributed by atoms with Gasteiger partial charge in [-0.05, 0) is 45.4 Å². The second-order valence-electron chi connectivity index (χ2n) is 12.6. The molecule has 0 aromatic heterocycles. The molecule has 0 aromatic rings. The van der Waals surface area contributed by atoms with Crippen molar-refractivity contribution in [3.8, 4) is 0 Å². The highest BCUT2D eigenvalue weighted by atomic mass is 16.4. The third-order valence-corrected chi connectivity index (χ3v) is 7.72. The predicted molar refractivity (Wildman–Crippen MR) is 173 cm³/mol. The number of amides is 6. The molecule has 1 aliphatic heterocycles. The Bertz CT molecular complexity index is 1310. The molecule has 0 bridgehead atoms. The predicted octanol–water partition coefficient (Wildman–Crippen LogP) is -4.41. The second-order valence-corrected chi connectivity index (χ2v) is 12.6. The number of nitrogens with one attached hydrogen (secondary N) is 5. The second kappa shape index (κ2) is 20.7. The highest BCUT2D eigenvalue weighted by Crippen LogP contribution is 2.19. The molecule has 1 saturated heterocycles. The van der Waals surface area contributed by atoms with Crippen molar-refractivity contribution in [1.82, 2.24) is 31.5 Å². The molecule has 0 radical (unpaired) electrons. The summed E-state index contributed by atoms with van der Waals surface area (Å²) in [7, 11) is 0. The van der Waals surface area contributed by atoms with E-state index in [9.17, 15) is 58.5 Å². The molecule has 1 heterocycles. The van der Waals surface area contributed by atoms with Gasteiger partial charge < -0.3 is 62.8 Å². The lowest BCUT2D eigenvalue weighted by Crippen LogP contribution is -2.61. The minimum atomic E-state index is -1.73. The maximum Gasteiger partial charge on any atom is 0.326 e. The number of aliphatic hydroxyl groups is 2. The highest BCUT2D eigenvalue weighted by molar-refractivity contribution is 5.97. The number of aliphatic carboxylic acids is 3. The van der Waals surface area contributed by atoms with Crippen LogP contribution in [0, 0.1) is 5.92 Å². The van der Waals surface area contributed by atoms with Gasteiger partial charge in [-0.2, -0.15) is 0 Å². The quantitative estimate of drug-likeness (QED) is 0.0531. The molecule has 51 heavy (non-hydrogen) atoms. The topological polar surface area (TPSA) is 344 Å². The van der Waals surface area contributed by atoms with Gasteiger partial charge >= 0.3 is 17.9 Å². The molecule has 0 spiro atoms. The van der Waals surface area contributed by atoms with Crippen molar-refractivity contribution in [1.29, 1.82) is 0 Å². The van der Waals surface area contributed by atoms with Crippen molar-refractivity contribution in [2.24, 2.45) is 11.7 Å². The summed E-state index contributed by atoms with van der Waals surface area (Å²) >= 11 is 0. The Morgan fingerprint density at radius 1 is 0.765 bits per heavy atom. The van der Waals surface area contributed by atoms with Crippen molar-refractivity contribution in [2.45, 2.75) is 115 Å². The van der Waals surface area contributed by atoms with Crippen LogP contribution < -0.4 is 32.3 Å². The lowest BCUT2D eigenvalue weighted by molar-refractivity contribution is -0.144. The molecular weight excluding hydrogens is 682 g/mol. The molecule has 8 atom stereocenters. The number of nitrogens with two attached hydrogens (primary N) is 1. The van der Waals surface area contributed by atoms with E-state index in [4.69, 9.17) is 15.9 Å². The number of carbonyl (C=O) groups excluding carboxylic acids is 6. The maximum atomic E-state index is 13.3. The molecule has 1 rings (SSSR count). The SMILES string of the molecule is CC(C)C[C@H](NC(=O)[C@@H](NC(=O)CNC(=O)[C@@H]1CCCN1C(=O)[C@@H](N)CC(=O)O)[C@@H](C)O)C(=O)N[C@H](C(=O)N[C@@H](CCC(=O)O)C(=O)O)[C@@H](C)O. The Morgan fingerprint density at radius 3 is 1.80 bits per heavy atom. The van der Waals surface area contributed by atoms with Gasteiger partial charge in [-0.25, -0.2) is 4.79 Å². The van der Waals surface area contributed by atoms with E-state index in [-0.39, 0.29) is 25.3 Å². The molecule has 0 aromatic carbocycles. The Balaban J connectivity index is 2.96. The fourth-order valence-corrected chi connectivity index (χ4v) is 5.12. The molecule has 1 fully saturated rings. The zero-order valence-corrected chi connectivity index (χ0v) is 28.8. The van der Waals surface area contributed by atoms with Crippen molar-refractivity contribution in [3.05, 3.63) is 0 Å². The summed E-state index contributed by atoms with van der Waals surface area (Å²) in [5, 5.41) is 58.9. The summed E-state index contributed by atoms with van der Waals surface area (Å²) in [5.74, 6) is -10.00. The van der Waals surface area contributed by atoms with E-state index in [0.29, 0.717) is 6.42 Å². The van der Waals surface area contributed by atoms with Gasteiger partial charge in [0, 0.05) is 13.0 Å². The molecule has 21 nitrogen and oxygen atoms in total. The summed E-state index contributed by atoms with van der Waals surface area (Å²) in [5.41, 5.74) is 5.65. The van der Waals surface area contributed by atoms with Gasteiger partial charge in [-0.15, -0.1) is 0 Å². The lowest BCUT2D eigenvalue weighted by atomic mass is 10.0.